The van der Waals surface area contributed by atoms with Gasteiger partial charge in [0.05, 0.1) is 11.3 Å². The maximum atomic E-state index is 12.0. The number of nitrogens with two attached hydrogens (primary N) is 1. The number of halogens is 1. The van der Waals surface area contributed by atoms with Gasteiger partial charge in [-0.05, 0) is 37.1 Å². The summed E-state index contributed by atoms with van der Waals surface area (Å²) in [5.41, 5.74) is 5.50. The molecule has 3 N–H and O–H groups in total. The molecule has 0 saturated carbocycles. The van der Waals surface area contributed by atoms with Crippen molar-refractivity contribution in [1.82, 2.24) is 5.32 Å². The molecule has 1 aromatic carbocycles. The van der Waals surface area contributed by atoms with E-state index in [9.17, 15) is 4.79 Å². The van der Waals surface area contributed by atoms with Gasteiger partial charge in [-0.15, -0.1) is 11.8 Å². The number of hydrogen-bond donors (Lipinski definition) is 2. The molecule has 3 nitrogen and oxygen atoms in total. The van der Waals surface area contributed by atoms with E-state index >= 15 is 0 Å². The fourth-order valence-electron chi connectivity index (χ4n) is 1.78. The molecule has 0 heterocycles. The number of rotatable bonds is 7. The van der Waals surface area contributed by atoms with Crippen LogP contribution in [0.25, 0.3) is 0 Å². The lowest BCUT2D eigenvalue weighted by Crippen LogP contribution is -2.53. The Morgan fingerprint density at radius 2 is 1.89 bits per heavy atom. The van der Waals surface area contributed by atoms with Gasteiger partial charge in [0.25, 0.3) is 0 Å². The molecule has 0 fully saturated rings. The van der Waals surface area contributed by atoms with Crippen LogP contribution in [0.4, 0.5) is 0 Å². The number of carbonyl (C=O) groups excluding carboxylic acids is 1. The predicted octanol–water partition coefficient (Wildman–Crippen LogP) is 3.07. The third-order valence-corrected chi connectivity index (χ3v) is 4.60. The van der Waals surface area contributed by atoms with Gasteiger partial charge >= 0.3 is 0 Å². The standard InChI is InChI=1S/C14H21ClN2OS/c1-3-14(4-2,10-16)17-13(18)9-19-12-7-5-11(15)6-8-12/h5-8H,3-4,9-10,16H2,1-2H3,(H,17,18). The molecule has 19 heavy (non-hydrogen) atoms. The van der Waals surface area contributed by atoms with Crippen molar-refractivity contribution < 1.29 is 4.79 Å². The van der Waals surface area contributed by atoms with Crippen LogP contribution >= 0.6 is 23.4 Å². The van der Waals surface area contributed by atoms with Gasteiger partial charge < -0.3 is 11.1 Å². The largest absolute Gasteiger partial charge is 0.349 e. The highest BCUT2D eigenvalue weighted by atomic mass is 35.5. The zero-order valence-electron chi connectivity index (χ0n) is 11.4. The van der Waals surface area contributed by atoms with Crippen LogP contribution in [-0.2, 0) is 4.79 Å². The summed E-state index contributed by atoms with van der Waals surface area (Å²) in [6, 6.07) is 7.47. The summed E-state index contributed by atoms with van der Waals surface area (Å²) in [6.45, 7) is 4.56. The molecule has 0 atom stereocenters. The second-order valence-electron chi connectivity index (χ2n) is 4.48. The van der Waals surface area contributed by atoms with Crippen LogP contribution in [-0.4, -0.2) is 23.7 Å². The fraction of sp³-hybridized carbons (Fsp3) is 0.500. The molecule has 0 radical (unpaired) electrons. The minimum atomic E-state index is -0.266. The Balaban J connectivity index is 2.49. The molecular weight excluding hydrogens is 280 g/mol. The predicted molar refractivity (Wildman–Crippen MR) is 82.7 cm³/mol. The highest BCUT2D eigenvalue weighted by molar-refractivity contribution is 8.00. The average molecular weight is 301 g/mol. The molecule has 0 unspecified atom stereocenters. The number of amides is 1. The Bertz CT molecular complexity index is 396. The molecule has 1 aromatic rings. The number of benzene rings is 1. The van der Waals surface area contributed by atoms with Gasteiger partial charge in [0.2, 0.25) is 5.91 Å². The van der Waals surface area contributed by atoms with Crippen molar-refractivity contribution in [2.24, 2.45) is 5.73 Å². The molecule has 0 spiro atoms. The van der Waals surface area contributed by atoms with E-state index in [0.29, 0.717) is 17.3 Å². The van der Waals surface area contributed by atoms with Crippen LogP contribution in [0, 0.1) is 0 Å². The average Bonchev–Trinajstić information content (AvgIpc) is 2.44. The summed E-state index contributed by atoms with van der Waals surface area (Å²) in [5, 5.41) is 3.75. The van der Waals surface area contributed by atoms with Gasteiger partial charge in [0, 0.05) is 16.5 Å². The molecule has 5 heteroatoms. The highest BCUT2D eigenvalue weighted by Crippen LogP contribution is 2.21. The van der Waals surface area contributed by atoms with Crippen molar-refractivity contribution in [3.63, 3.8) is 0 Å². The second-order valence-corrected chi connectivity index (χ2v) is 5.97. The van der Waals surface area contributed by atoms with E-state index in [1.807, 2.05) is 38.1 Å². The fourth-order valence-corrected chi connectivity index (χ4v) is 2.60. The molecule has 1 amide bonds. The van der Waals surface area contributed by atoms with Crippen LogP contribution in [0.15, 0.2) is 29.2 Å². The summed E-state index contributed by atoms with van der Waals surface area (Å²) in [5.74, 6) is 0.415. The topological polar surface area (TPSA) is 55.1 Å². The quantitative estimate of drug-likeness (QED) is 0.761. The van der Waals surface area contributed by atoms with E-state index in [1.165, 1.54) is 11.8 Å². The zero-order valence-corrected chi connectivity index (χ0v) is 13.0. The maximum absolute atomic E-state index is 12.0. The first-order valence-electron chi connectivity index (χ1n) is 6.44. The Kier molecular flexibility index (Phi) is 6.69. The first-order chi connectivity index (χ1) is 9.05. The molecule has 0 aliphatic carbocycles. The SMILES string of the molecule is CCC(CC)(CN)NC(=O)CSc1ccc(Cl)cc1. The Morgan fingerprint density at radius 3 is 2.37 bits per heavy atom. The zero-order chi connectivity index (χ0) is 14.3. The van der Waals surface area contributed by atoms with Gasteiger partial charge in [-0.25, -0.2) is 0 Å². The molecule has 0 aromatic heterocycles. The lowest BCUT2D eigenvalue weighted by atomic mass is 9.93. The van der Waals surface area contributed by atoms with Gasteiger partial charge in [0.15, 0.2) is 0 Å². The van der Waals surface area contributed by atoms with Crippen molar-refractivity contribution in [2.75, 3.05) is 12.3 Å². The van der Waals surface area contributed by atoms with E-state index in [-0.39, 0.29) is 11.4 Å². The van der Waals surface area contributed by atoms with E-state index in [2.05, 4.69) is 5.32 Å². The Hall–Kier alpha value is -0.710. The maximum Gasteiger partial charge on any atom is 0.230 e. The van der Waals surface area contributed by atoms with Crippen LogP contribution < -0.4 is 11.1 Å². The third kappa shape index (κ3) is 5.05. The lowest BCUT2D eigenvalue weighted by Gasteiger charge is -2.31. The summed E-state index contributed by atoms with van der Waals surface area (Å²) < 4.78 is 0. The van der Waals surface area contributed by atoms with E-state index in [0.717, 1.165) is 17.7 Å². The molecule has 0 bridgehead atoms. The van der Waals surface area contributed by atoms with Crippen molar-refractivity contribution in [1.29, 1.82) is 0 Å². The summed E-state index contributed by atoms with van der Waals surface area (Å²) in [4.78, 5) is 13.0. The van der Waals surface area contributed by atoms with Crippen LogP contribution in [0.3, 0.4) is 0 Å². The monoisotopic (exact) mass is 300 g/mol. The molecule has 0 aliphatic rings. The van der Waals surface area contributed by atoms with Crippen LogP contribution in [0.5, 0.6) is 0 Å². The first-order valence-corrected chi connectivity index (χ1v) is 7.81. The van der Waals surface area contributed by atoms with Crippen molar-refractivity contribution in [3.05, 3.63) is 29.3 Å². The molecule has 106 valence electrons. The number of carbonyl (C=O) groups is 1. The van der Waals surface area contributed by atoms with E-state index in [4.69, 9.17) is 17.3 Å². The lowest BCUT2D eigenvalue weighted by molar-refractivity contribution is -0.120. The van der Waals surface area contributed by atoms with Gasteiger partial charge in [-0.3, -0.25) is 4.79 Å². The van der Waals surface area contributed by atoms with Crippen molar-refractivity contribution in [3.8, 4) is 0 Å². The second kappa shape index (κ2) is 7.78. The number of hydrogen-bond acceptors (Lipinski definition) is 3. The summed E-state index contributed by atoms with van der Waals surface area (Å²) in [7, 11) is 0. The van der Waals surface area contributed by atoms with Crippen LogP contribution in [0.1, 0.15) is 26.7 Å². The Morgan fingerprint density at radius 1 is 1.32 bits per heavy atom. The summed E-state index contributed by atoms with van der Waals surface area (Å²) >= 11 is 7.31. The van der Waals surface area contributed by atoms with Crippen molar-refractivity contribution >= 4 is 29.3 Å². The normalized spacial score (nSPS) is 11.4. The van der Waals surface area contributed by atoms with E-state index < -0.39 is 0 Å². The smallest absolute Gasteiger partial charge is 0.230 e. The van der Waals surface area contributed by atoms with Gasteiger partial charge in [-0.2, -0.15) is 0 Å². The van der Waals surface area contributed by atoms with Crippen LogP contribution in [0.2, 0.25) is 5.02 Å². The first kappa shape index (κ1) is 16.3. The molecular formula is C14H21ClN2OS. The van der Waals surface area contributed by atoms with Crippen molar-refractivity contribution in [2.45, 2.75) is 37.1 Å². The molecule has 0 saturated heterocycles. The number of thioether (sulfide) groups is 1. The van der Waals surface area contributed by atoms with Gasteiger partial charge in [-0.1, -0.05) is 25.4 Å². The van der Waals surface area contributed by atoms with Gasteiger partial charge in [0.1, 0.15) is 0 Å². The number of nitrogens with one attached hydrogen (secondary N) is 1. The minimum Gasteiger partial charge on any atom is -0.349 e. The summed E-state index contributed by atoms with van der Waals surface area (Å²) in [6.07, 6.45) is 1.69. The minimum absolute atomic E-state index is 0.0223. The van der Waals surface area contributed by atoms with E-state index in [1.54, 1.807) is 0 Å². The third-order valence-electron chi connectivity index (χ3n) is 3.33. The molecule has 1 rings (SSSR count). The molecule has 0 aliphatic heterocycles. The Labute approximate surface area is 124 Å². The highest BCUT2D eigenvalue weighted by Gasteiger charge is 2.25.